The van der Waals surface area contributed by atoms with Crippen molar-refractivity contribution in [2.75, 3.05) is 26.3 Å². The van der Waals surface area contributed by atoms with Crippen molar-refractivity contribution in [3.8, 4) is 0 Å². The molecule has 0 aliphatic heterocycles. The Bertz CT molecular complexity index is 240. The van der Waals surface area contributed by atoms with Crippen LogP contribution in [0.15, 0.2) is 0 Å². The summed E-state index contributed by atoms with van der Waals surface area (Å²) in [7, 11) is 0. The van der Waals surface area contributed by atoms with Gasteiger partial charge in [0, 0.05) is 19.2 Å². The minimum atomic E-state index is 0.247. The second kappa shape index (κ2) is 10.2. The summed E-state index contributed by atoms with van der Waals surface area (Å²) in [6.07, 6.45) is 8.56. The second-order valence-electron chi connectivity index (χ2n) is 5.38. The fourth-order valence-corrected chi connectivity index (χ4v) is 2.71. The average Bonchev–Trinajstić information content (AvgIpc) is 2.45. The van der Waals surface area contributed by atoms with Crippen LogP contribution in [-0.2, 0) is 9.53 Å². The van der Waals surface area contributed by atoms with Gasteiger partial charge in [-0.2, -0.15) is 0 Å². The number of hydrogen-bond donors (Lipinski definition) is 1. The molecule has 0 aromatic rings. The highest BCUT2D eigenvalue weighted by atomic mass is 16.5. The maximum Gasteiger partial charge on any atom is 0.225 e. The van der Waals surface area contributed by atoms with Crippen LogP contribution >= 0.6 is 0 Å². The van der Waals surface area contributed by atoms with E-state index in [1.807, 2.05) is 0 Å². The molecule has 19 heavy (non-hydrogen) atoms. The molecule has 4 heteroatoms. The summed E-state index contributed by atoms with van der Waals surface area (Å²) in [6, 6.07) is 0.443. The van der Waals surface area contributed by atoms with Gasteiger partial charge < -0.3 is 15.4 Å². The average molecular weight is 270 g/mol. The standard InChI is InChI=1S/C15H30N2O2/c1-2-12-19-13-9-15(18)17(11-6-10-16)14-7-4-3-5-8-14/h14H,2-13,16H2,1H3. The molecule has 0 saturated heterocycles. The van der Waals surface area contributed by atoms with Gasteiger partial charge >= 0.3 is 0 Å². The van der Waals surface area contributed by atoms with Crippen LogP contribution in [0.1, 0.15) is 58.3 Å². The number of carbonyl (C=O) groups is 1. The van der Waals surface area contributed by atoms with Crippen LogP contribution in [0.25, 0.3) is 0 Å². The van der Waals surface area contributed by atoms with Gasteiger partial charge in [0.05, 0.1) is 13.0 Å². The molecule has 1 amide bonds. The zero-order chi connectivity index (χ0) is 13.9. The summed E-state index contributed by atoms with van der Waals surface area (Å²) in [4.78, 5) is 14.4. The topological polar surface area (TPSA) is 55.6 Å². The van der Waals surface area contributed by atoms with Crippen LogP contribution in [0.4, 0.5) is 0 Å². The van der Waals surface area contributed by atoms with Gasteiger partial charge in [0.1, 0.15) is 0 Å². The van der Waals surface area contributed by atoms with E-state index in [0.29, 0.717) is 25.6 Å². The monoisotopic (exact) mass is 270 g/mol. The molecule has 1 rings (SSSR count). The van der Waals surface area contributed by atoms with E-state index in [1.54, 1.807) is 0 Å². The molecule has 0 aromatic heterocycles. The molecule has 0 heterocycles. The highest BCUT2D eigenvalue weighted by Gasteiger charge is 2.24. The third-order valence-electron chi connectivity index (χ3n) is 3.75. The molecule has 4 nitrogen and oxygen atoms in total. The maximum atomic E-state index is 12.3. The van der Waals surface area contributed by atoms with Gasteiger partial charge in [-0.1, -0.05) is 26.2 Å². The maximum absolute atomic E-state index is 12.3. The van der Waals surface area contributed by atoms with Crippen LogP contribution < -0.4 is 5.73 Å². The number of rotatable bonds is 9. The Labute approximate surface area is 117 Å². The Morgan fingerprint density at radius 1 is 1.26 bits per heavy atom. The van der Waals surface area contributed by atoms with Crippen molar-refractivity contribution in [3.63, 3.8) is 0 Å². The highest BCUT2D eigenvalue weighted by Crippen LogP contribution is 2.23. The van der Waals surface area contributed by atoms with Gasteiger partial charge in [0.15, 0.2) is 0 Å². The van der Waals surface area contributed by atoms with Crippen molar-refractivity contribution >= 4 is 5.91 Å². The number of carbonyl (C=O) groups excluding carboxylic acids is 1. The Kier molecular flexibility index (Phi) is 8.84. The SMILES string of the molecule is CCCOCCC(=O)N(CCCN)C1CCCCC1. The summed E-state index contributed by atoms with van der Waals surface area (Å²) >= 11 is 0. The van der Waals surface area contributed by atoms with Crippen LogP contribution in [0, 0.1) is 0 Å². The Hall–Kier alpha value is -0.610. The number of nitrogens with two attached hydrogens (primary N) is 1. The van der Waals surface area contributed by atoms with E-state index in [1.165, 1.54) is 19.3 Å². The van der Waals surface area contributed by atoms with E-state index in [-0.39, 0.29) is 5.91 Å². The molecule has 1 saturated carbocycles. The lowest BCUT2D eigenvalue weighted by Gasteiger charge is -2.34. The normalized spacial score (nSPS) is 16.5. The molecule has 2 N–H and O–H groups in total. The summed E-state index contributed by atoms with van der Waals surface area (Å²) < 4.78 is 5.42. The molecule has 0 radical (unpaired) electrons. The van der Waals surface area contributed by atoms with E-state index in [2.05, 4.69) is 11.8 Å². The molecule has 0 unspecified atom stereocenters. The Balaban J connectivity index is 2.39. The molecule has 0 aromatic carbocycles. The van der Waals surface area contributed by atoms with Gasteiger partial charge in [-0.05, 0) is 32.2 Å². The summed E-state index contributed by atoms with van der Waals surface area (Å²) in [6.45, 7) is 4.85. The first kappa shape index (κ1) is 16.4. The third-order valence-corrected chi connectivity index (χ3v) is 3.75. The van der Waals surface area contributed by atoms with Gasteiger partial charge in [-0.25, -0.2) is 0 Å². The fourth-order valence-electron chi connectivity index (χ4n) is 2.71. The molecular weight excluding hydrogens is 240 g/mol. The molecule has 1 aliphatic rings. The predicted molar refractivity (Wildman–Crippen MR) is 78.0 cm³/mol. The quantitative estimate of drug-likeness (QED) is 0.654. The number of ether oxygens (including phenoxy) is 1. The Morgan fingerprint density at radius 3 is 2.63 bits per heavy atom. The van der Waals surface area contributed by atoms with Crippen LogP contribution in [0.5, 0.6) is 0 Å². The summed E-state index contributed by atoms with van der Waals surface area (Å²) in [5.74, 6) is 0.247. The first-order valence-electron chi connectivity index (χ1n) is 7.86. The van der Waals surface area contributed by atoms with Crippen LogP contribution in [0.3, 0.4) is 0 Å². The smallest absolute Gasteiger partial charge is 0.225 e. The van der Waals surface area contributed by atoms with E-state index in [9.17, 15) is 4.79 Å². The Morgan fingerprint density at radius 2 is 2.00 bits per heavy atom. The minimum absolute atomic E-state index is 0.247. The largest absolute Gasteiger partial charge is 0.381 e. The second-order valence-corrected chi connectivity index (χ2v) is 5.38. The van der Waals surface area contributed by atoms with Gasteiger partial charge in [-0.15, -0.1) is 0 Å². The number of nitrogens with zero attached hydrogens (tertiary/aromatic N) is 1. The van der Waals surface area contributed by atoms with Gasteiger partial charge in [0.2, 0.25) is 5.91 Å². The third kappa shape index (κ3) is 6.39. The molecule has 1 aliphatic carbocycles. The van der Waals surface area contributed by atoms with Crippen molar-refractivity contribution in [1.82, 2.24) is 4.90 Å². The van der Waals surface area contributed by atoms with E-state index in [0.717, 1.165) is 38.8 Å². The highest BCUT2D eigenvalue weighted by molar-refractivity contribution is 5.76. The first-order valence-corrected chi connectivity index (χ1v) is 7.86. The molecule has 1 fully saturated rings. The molecule has 0 atom stereocenters. The van der Waals surface area contributed by atoms with Crippen molar-refractivity contribution in [2.45, 2.75) is 64.3 Å². The molecule has 112 valence electrons. The van der Waals surface area contributed by atoms with Crippen molar-refractivity contribution in [2.24, 2.45) is 5.73 Å². The lowest BCUT2D eigenvalue weighted by atomic mass is 9.94. The fraction of sp³-hybridized carbons (Fsp3) is 0.933. The zero-order valence-electron chi connectivity index (χ0n) is 12.4. The van der Waals surface area contributed by atoms with Crippen molar-refractivity contribution in [1.29, 1.82) is 0 Å². The number of amides is 1. The molecule has 0 spiro atoms. The van der Waals surface area contributed by atoms with Gasteiger partial charge in [0.25, 0.3) is 0 Å². The van der Waals surface area contributed by atoms with Crippen molar-refractivity contribution < 1.29 is 9.53 Å². The lowest BCUT2D eigenvalue weighted by Crippen LogP contribution is -2.42. The van der Waals surface area contributed by atoms with Gasteiger partial charge in [-0.3, -0.25) is 4.79 Å². The number of hydrogen-bond acceptors (Lipinski definition) is 3. The van der Waals surface area contributed by atoms with Crippen LogP contribution in [-0.4, -0.2) is 43.2 Å². The lowest BCUT2D eigenvalue weighted by molar-refractivity contribution is -0.135. The van der Waals surface area contributed by atoms with Crippen LogP contribution in [0.2, 0.25) is 0 Å². The van der Waals surface area contributed by atoms with E-state index < -0.39 is 0 Å². The molecular formula is C15H30N2O2. The van der Waals surface area contributed by atoms with Crippen molar-refractivity contribution in [3.05, 3.63) is 0 Å². The summed E-state index contributed by atoms with van der Waals surface area (Å²) in [5, 5.41) is 0. The zero-order valence-corrected chi connectivity index (χ0v) is 12.4. The minimum Gasteiger partial charge on any atom is -0.381 e. The first-order chi connectivity index (χ1) is 9.29. The molecule has 0 bridgehead atoms. The van der Waals surface area contributed by atoms with E-state index >= 15 is 0 Å². The predicted octanol–water partition coefficient (Wildman–Crippen LogP) is 2.31. The summed E-state index contributed by atoms with van der Waals surface area (Å²) in [5.41, 5.74) is 5.58. The van der Waals surface area contributed by atoms with E-state index in [4.69, 9.17) is 10.5 Å².